The molecule has 0 aliphatic carbocycles. The molecule has 2 N–H and O–H groups in total. The first-order valence-electron chi connectivity index (χ1n) is 7.53. The number of halogens is 1. The van der Waals surface area contributed by atoms with Gasteiger partial charge in [-0.25, -0.2) is 0 Å². The van der Waals surface area contributed by atoms with Gasteiger partial charge in [0.1, 0.15) is 6.10 Å². The molecule has 2 aliphatic heterocycles. The van der Waals surface area contributed by atoms with Crippen LogP contribution in [-0.2, 0) is 14.3 Å². The number of rotatable bonds is 5. The van der Waals surface area contributed by atoms with Crippen molar-refractivity contribution in [2.45, 2.75) is 50.7 Å². The molecule has 1 atom stereocenters. The predicted molar refractivity (Wildman–Crippen MR) is 80.1 cm³/mol. The van der Waals surface area contributed by atoms with E-state index in [0.29, 0.717) is 12.6 Å². The van der Waals surface area contributed by atoms with Crippen molar-refractivity contribution in [1.29, 1.82) is 0 Å². The Kier molecular flexibility index (Phi) is 8.45. The maximum absolute atomic E-state index is 12.3. The SMILES string of the molecule is Cl.NCCCOC1CCN(C(=O)C2CCCCO2)CC1. The topological polar surface area (TPSA) is 64.8 Å². The van der Waals surface area contributed by atoms with Crippen LogP contribution in [0.15, 0.2) is 0 Å². The molecule has 6 heteroatoms. The fourth-order valence-corrected chi connectivity index (χ4v) is 2.72. The molecule has 2 fully saturated rings. The number of nitrogens with two attached hydrogens (primary N) is 1. The van der Waals surface area contributed by atoms with Crippen molar-refractivity contribution in [2.75, 3.05) is 32.8 Å². The second-order valence-corrected chi connectivity index (χ2v) is 5.39. The summed E-state index contributed by atoms with van der Waals surface area (Å²) in [4.78, 5) is 14.2. The van der Waals surface area contributed by atoms with Gasteiger partial charge in [-0.3, -0.25) is 4.79 Å². The van der Waals surface area contributed by atoms with Crippen molar-refractivity contribution in [3.05, 3.63) is 0 Å². The summed E-state index contributed by atoms with van der Waals surface area (Å²) in [6.45, 7) is 3.74. The van der Waals surface area contributed by atoms with Crippen LogP contribution < -0.4 is 5.73 Å². The number of carbonyl (C=O) groups excluding carboxylic acids is 1. The van der Waals surface area contributed by atoms with Gasteiger partial charge in [0.05, 0.1) is 6.10 Å². The summed E-state index contributed by atoms with van der Waals surface area (Å²) >= 11 is 0. The lowest BCUT2D eigenvalue weighted by atomic mass is 10.0. The summed E-state index contributed by atoms with van der Waals surface area (Å²) in [5.74, 6) is 0.181. The van der Waals surface area contributed by atoms with Crippen molar-refractivity contribution >= 4 is 18.3 Å². The molecule has 0 aromatic carbocycles. The first kappa shape index (κ1) is 17.7. The molecule has 1 amide bonds. The van der Waals surface area contributed by atoms with Gasteiger partial charge in [0.2, 0.25) is 0 Å². The fraction of sp³-hybridized carbons (Fsp3) is 0.929. The molecule has 0 aromatic rings. The van der Waals surface area contributed by atoms with Crippen LogP contribution in [0.1, 0.15) is 38.5 Å². The van der Waals surface area contributed by atoms with E-state index in [2.05, 4.69) is 0 Å². The molecular formula is C14H27ClN2O3. The molecule has 2 rings (SSSR count). The van der Waals surface area contributed by atoms with Gasteiger partial charge in [-0.15, -0.1) is 12.4 Å². The lowest BCUT2D eigenvalue weighted by Crippen LogP contribution is -2.47. The molecular weight excluding hydrogens is 280 g/mol. The molecule has 0 aromatic heterocycles. The number of hydrogen-bond acceptors (Lipinski definition) is 4. The Hall–Kier alpha value is -0.360. The molecule has 2 saturated heterocycles. The lowest BCUT2D eigenvalue weighted by molar-refractivity contribution is -0.149. The smallest absolute Gasteiger partial charge is 0.251 e. The highest BCUT2D eigenvalue weighted by Gasteiger charge is 2.29. The zero-order chi connectivity index (χ0) is 13.5. The van der Waals surface area contributed by atoms with Crippen LogP contribution in [0.2, 0.25) is 0 Å². The second-order valence-electron chi connectivity index (χ2n) is 5.39. The highest BCUT2D eigenvalue weighted by atomic mass is 35.5. The molecule has 2 aliphatic rings. The Morgan fingerprint density at radius 2 is 2.00 bits per heavy atom. The second kappa shape index (κ2) is 9.55. The summed E-state index contributed by atoms with van der Waals surface area (Å²) in [6, 6.07) is 0. The van der Waals surface area contributed by atoms with Crippen molar-refractivity contribution in [2.24, 2.45) is 5.73 Å². The molecule has 0 bridgehead atoms. The summed E-state index contributed by atoms with van der Waals surface area (Å²) in [5.41, 5.74) is 5.44. The Morgan fingerprint density at radius 1 is 1.25 bits per heavy atom. The zero-order valence-corrected chi connectivity index (χ0v) is 12.9. The number of hydrogen-bond donors (Lipinski definition) is 1. The summed E-state index contributed by atoms with van der Waals surface area (Å²) in [7, 11) is 0. The van der Waals surface area contributed by atoms with Gasteiger partial charge >= 0.3 is 0 Å². The van der Waals surface area contributed by atoms with Crippen LogP contribution in [0.4, 0.5) is 0 Å². The highest BCUT2D eigenvalue weighted by molar-refractivity contribution is 5.85. The zero-order valence-electron chi connectivity index (χ0n) is 12.1. The van der Waals surface area contributed by atoms with Gasteiger partial charge in [0.15, 0.2) is 0 Å². The molecule has 1 unspecified atom stereocenters. The van der Waals surface area contributed by atoms with Crippen LogP contribution in [0.25, 0.3) is 0 Å². The van der Waals surface area contributed by atoms with Gasteiger partial charge in [-0.05, 0) is 45.1 Å². The maximum atomic E-state index is 12.3. The number of amides is 1. The number of piperidine rings is 1. The van der Waals surface area contributed by atoms with Crippen LogP contribution in [0.5, 0.6) is 0 Å². The highest BCUT2D eigenvalue weighted by Crippen LogP contribution is 2.19. The Morgan fingerprint density at radius 3 is 2.60 bits per heavy atom. The number of likely N-dealkylation sites (tertiary alicyclic amines) is 1. The molecule has 2 heterocycles. The van der Waals surface area contributed by atoms with Crippen molar-refractivity contribution in [3.63, 3.8) is 0 Å². The summed E-state index contributed by atoms with van der Waals surface area (Å²) in [5, 5.41) is 0. The monoisotopic (exact) mass is 306 g/mol. The molecule has 20 heavy (non-hydrogen) atoms. The number of ether oxygens (including phenoxy) is 2. The van der Waals surface area contributed by atoms with Gasteiger partial charge in [-0.1, -0.05) is 0 Å². The van der Waals surface area contributed by atoms with Crippen LogP contribution in [0.3, 0.4) is 0 Å². The average molecular weight is 307 g/mol. The van der Waals surface area contributed by atoms with Crippen LogP contribution in [0, 0.1) is 0 Å². The third-order valence-corrected chi connectivity index (χ3v) is 3.91. The van der Waals surface area contributed by atoms with Gasteiger partial charge in [0, 0.05) is 26.3 Å². The minimum Gasteiger partial charge on any atom is -0.378 e. The molecule has 5 nitrogen and oxygen atoms in total. The third kappa shape index (κ3) is 5.20. The minimum atomic E-state index is -0.191. The molecule has 0 radical (unpaired) electrons. The Labute approximate surface area is 127 Å². The van der Waals surface area contributed by atoms with Crippen LogP contribution >= 0.6 is 12.4 Å². The van der Waals surface area contributed by atoms with E-state index in [1.54, 1.807) is 0 Å². The quantitative estimate of drug-likeness (QED) is 0.778. The third-order valence-electron chi connectivity index (χ3n) is 3.91. The van der Waals surface area contributed by atoms with Crippen LogP contribution in [-0.4, -0.2) is 55.9 Å². The van der Waals surface area contributed by atoms with E-state index in [0.717, 1.165) is 64.8 Å². The lowest BCUT2D eigenvalue weighted by Gasteiger charge is -2.35. The molecule has 0 saturated carbocycles. The minimum absolute atomic E-state index is 0. The maximum Gasteiger partial charge on any atom is 0.251 e. The van der Waals surface area contributed by atoms with Gasteiger partial charge in [-0.2, -0.15) is 0 Å². The molecule has 118 valence electrons. The van der Waals surface area contributed by atoms with Crippen molar-refractivity contribution in [1.82, 2.24) is 4.90 Å². The van der Waals surface area contributed by atoms with E-state index >= 15 is 0 Å². The van der Waals surface area contributed by atoms with E-state index in [1.807, 2.05) is 4.90 Å². The van der Waals surface area contributed by atoms with E-state index in [4.69, 9.17) is 15.2 Å². The number of nitrogens with zero attached hydrogens (tertiary/aromatic N) is 1. The number of carbonyl (C=O) groups is 1. The van der Waals surface area contributed by atoms with E-state index in [-0.39, 0.29) is 24.4 Å². The predicted octanol–water partition coefficient (Wildman–Crippen LogP) is 1.33. The first-order valence-corrected chi connectivity index (χ1v) is 7.53. The summed E-state index contributed by atoms with van der Waals surface area (Å²) < 4.78 is 11.3. The van der Waals surface area contributed by atoms with Crippen molar-refractivity contribution < 1.29 is 14.3 Å². The van der Waals surface area contributed by atoms with E-state index in [9.17, 15) is 4.79 Å². The fourth-order valence-electron chi connectivity index (χ4n) is 2.72. The molecule has 0 spiro atoms. The Balaban J connectivity index is 0.00000200. The van der Waals surface area contributed by atoms with Gasteiger partial charge < -0.3 is 20.1 Å². The Bertz CT molecular complexity index is 278. The standard InChI is InChI=1S/C14H26N2O3.ClH/c15-7-3-11-18-12-5-8-16(9-6-12)14(17)13-4-1-2-10-19-13;/h12-13H,1-11,15H2;1H. The normalized spacial score (nSPS) is 24.2. The van der Waals surface area contributed by atoms with E-state index < -0.39 is 0 Å². The van der Waals surface area contributed by atoms with Gasteiger partial charge in [0.25, 0.3) is 5.91 Å². The summed E-state index contributed by atoms with van der Waals surface area (Å²) in [6.07, 6.45) is 5.95. The largest absolute Gasteiger partial charge is 0.378 e. The average Bonchev–Trinajstić information content (AvgIpc) is 2.48. The van der Waals surface area contributed by atoms with E-state index in [1.165, 1.54) is 0 Å². The first-order chi connectivity index (χ1) is 9.31. The van der Waals surface area contributed by atoms with Crippen molar-refractivity contribution in [3.8, 4) is 0 Å².